The van der Waals surface area contributed by atoms with Crippen LogP contribution in [0.3, 0.4) is 0 Å². The van der Waals surface area contributed by atoms with Gasteiger partial charge in [0.25, 0.3) is 5.91 Å². The molecule has 0 unspecified atom stereocenters. The van der Waals surface area contributed by atoms with Crippen LogP contribution in [0, 0.1) is 13.8 Å². The highest BCUT2D eigenvalue weighted by Crippen LogP contribution is 2.36. The highest BCUT2D eigenvalue weighted by atomic mass is 16.4. The van der Waals surface area contributed by atoms with E-state index in [-0.39, 0.29) is 23.5 Å². The first-order valence-electron chi connectivity index (χ1n) is 10.7. The molecule has 5 rings (SSSR count). The van der Waals surface area contributed by atoms with E-state index in [9.17, 15) is 24.3 Å². The Kier molecular flexibility index (Phi) is 4.73. The van der Waals surface area contributed by atoms with Gasteiger partial charge in [-0.15, -0.1) is 0 Å². The van der Waals surface area contributed by atoms with Crippen molar-refractivity contribution in [3.63, 3.8) is 0 Å². The lowest BCUT2D eigenvalue weighted by Gasteiger charge is -2.17. The van der Waals surface area contributed by atoms with Gasteiger partial charge in [0.15, 0.2) is 0 Å². The van der Waals surface area contributed by atoms with Gasteiger partial charge in [0.1, 0.15) is 0 Å². The Bertz CT molecular complexity index is 1260. The van der Waals surface area contributed by atoms with Crippen LogP contribution in [0.4, 0.5) is 21.0 Å². The summed E-state index contributed by atoms with van der Waals surface area (Å²) < 4.78 is 0. The highest BCUT2D eigenvalue weighted by molar-refractivity contribution is 6.35. The first-order chi connectivity index (χ1) is 15.7. The van der Waals surface area contributed by atoms with Gasteiger partial charge in [0, 0.05) is 41.8 Å². The fourth-order valence-electron chi connectivity index (χ4n) is 4.46. The number of hydrogen-bond donors (Lipinski definition) is 4. The number of urea groups is 2. The Morgan fingerprint density at radius 1 is 1.18 bits per heavy atom. The number of hydrogen-bond acceptors (Lipinski definition) is 4. The van der Waals surface area contributed by atoms with Gasteiger partial charge < -0.3 is 25.6 Å². The van der Waals surface area contributed by atoms with Gasteiger partial charge in [-0.05, 0) is 50.5 Å². The lowest BCUT2D eigenvalue weighted by atomic mass is 10.0. The van der Waals surface area contributed by atoms with E-state index in [4.69, 9.17) is 0 Å². The zero-order valence-electron chi connectivity index (χ0n) is 18.2. The van der Waals surface area contributed by atoms with E-state index < -0.39 is 12.0 Å². The number of anilines is 2. The van der Waals surface area contributed by atoms with E-state index in [2.05, 4.69) is 15.6 Å². The zero-order valence-corrected chi connectivity index (χ0v) is 18.2. The molecule has 4 N–H and O–H groups in total. The smallest absolute Gasteiger partial charge is 0.337 e. The monoisotopic (exact) mass is 449 g/mol. The van der Waals surface area contributed by atoms with E-state index in [0.717, 1.165) is 12.8 Å². The summed E-state index contributed by atoms with van der Waals surface area (Å²) in [5.41, 5.74) is 3.81. The molecule has 2 aliphatic heterocycles. The lowest BCUT2D eigenvalue weighted by molar-refractivity contribution is -0.110. The number of amides is 5. The number of nitrogens with zero attached hydrogens (tertiary/aromatic N) is 2. The summed E-state index contributed by atoms with van der Waals surface area (Å²) in [6, 6.07) is 4.50. The number of carbonyl (C=O) groups excluding carboxylic acids is 3. The third-order valence-electron chi connectivity index (χ3n) is 6.31. The molecule has 1 saturated heterocycles. The maximum absolute atomic E-state index is 12.6. The van der Waals surface area contributed by atoms with Crippen LogP contribution in [0.1, 0.15) is 45.7 Å². The number of carboxylic acid groups (broad SMARTS) is 1. The van der Waals surface area contributed by atoms with Gasteiger partial charge in [-0.1, -0.05) is 6.07 Å². The normalized spacial score (nSPS) is 18.7. The number of imide groups is 1. The second kappa shape index (κ2) is 7.51. The summed E-state index contributed by atoms with van der Waals surface area (Å²) in [6.45, 7) is 4.26. The number of benzene rings is 1. The van der Waals surface area contributed by atoms with Crippen LogP contribution in [0.15, 0.2) is 18.2 Å². The molecule has 0 spiro atoms. The first-order valence-corrected chi connectivity index (χ1v) is 10.7. The number of fused-ring (bicyclic) bond motifs is 1. The Labute approximate surface area is 189 Å². The molecule has 1 aliphatic carbocycles. The van der Waals surface area contributed by atoms with Crippen molar-refractivity contribution in [2.75, 3.05) is 23.7 Å². The number of aromatic nitrogens is 1. The van der Waals surface area contributed by atoms with E-state index in [1.807, 2.05) is 0 Å². The van der Waals surface area contributed by atoms with Crippen molar-refractivity contribution in [2.24, 2.45) is 0 Å². The fraction of sp³-hybridized carbons (Fsp3) is 0.304. The average molecular weight is 449 g/mol. The highest BCUT2D eigenvalue weighted by Gasteiger charge is 2.41. The van der Waals surface area contributed by atoms with Gasteiger partial charge in [-0.3, -0.25) is 4.79 Å². The van der Waals surface area contributed by atoms with Crippen LogP contribution in [0.25, 0.3) is 11.6 Å². The van der Waals surface area contributed by atoms with Crippen LogP contribution in [-0.4, -0.2) is 63.0 Å². The molecular formula is C23H23N5O5. The molecule has 3 heterocycles. The molecule has 0 atom stereocenters. The maximum atomic E-state index is 12.6. The van der Waals surface area contributed by atoms with Crippen molar-refractivity contribution >= 4 is 47.0 Å². The van der Waals surface area contributed by atoms with Crippen LogP contribution >= 0.6 is 0 Å². The predicted molar refractivity (Wildman–Crippen MR) is 121 cm³/mol. The van der Waals surface area contributed by atoms with Gasteiger partial charge in [-0.25, -0.2) is 19.3 Å². The summed E-state index contributed by atoms with van der Waals surface area (Å²) in [5.74, 6) is -1.36. The van der Waals surface area contributed by atoms with E-state index >= 15 is 0 Å². The molecule has 170 valence electrons. The average Bonchev–Trinajstić information content (AvgIpc) is 3.36. The molecular weight excluding hydrogens is 426 g/mol. The Hall–Kier alpha value is -4.08. The molecule has 0 bridgehead atoms. The molecule has 1 aromatic heterocycles. The van der Waals surface area contributed by atoms with E-state index in [1.54, 1.807) is 43.0 Å². The van der Waals surface area contributed by atoms with Crippen LogP contribution < -0.4 is 10.6 Å². The standard InChI is InChI=1S/C23H23N5O5/c1-11-17(24-12(2)19(11)21(30)31)10-16-15-6-3-13(9-18(15)26-20(16)29)25-22(32)28-8-7-27(23(28)33)14-4-5-14/h3,6,9-10,14,24H,4-5,7-8H2,1-2H3,(H,25,32)(H,26,29)(H,30,31)/b16-10-. The summed E-state index contributed by atoms with van der Waals surface area (Å²) in [7, 11) is 0. The molecule has 10 nitrogen and oxygen atoms in total. The molecule has 3 aliphatic rings. The predicted octanol–water partition coefficient (Wildman–Crippen LogP) is 3.25. The molecule has 2 fully saturated rings. The Morgan fingerprint density at radius 2 is 1.94 bits per heavy atom. The van der Waals surface area contributed by atoms with Gasteiger partial charge in [0.05, 0.1) is 16.8 Å². The molecule has 0 radical (unpaired) electrons. The quantitative estimate of drug-likeness (QED) is 0.532. The number of aromatic carboxylic acids is 1. The molecule has 1 aromatic carbocycles. The van der Waals surface area contributed by atoms with Crippen LogP contribution in [0.5, 0.6) is 0 Å². The SMILES string of the molecule is Cc1[nH]c(/C=C2\C(=O)Nc3cc(NC(=O)N4CCN(C5CC5)C4=O)ccc32)c(C)c1C(=O)O. The molecule has 1 saturated carbocycles. The molecule has 10 heteroatoms. The van der Waals surface area contributed by atoms with E-state index in [1.165, 1.54) is 4.90 Å². The van der Waals surface area contributed by atoms with Gasteiger partial charge >= 0.3 is 18.0 Å². The minimum atomic E-state index is -1.03. The third kappa shape index (κ3) is 3.53. The number of H-pyrrole nitrogens is 1. The minimum absolute atomic E-state index is 0.190. The molecule has 5 amide bonds. The van der Waals surface area contributed by atoms with Crippen molar-refractivity contribution in [2.45, 2.75) is 32.7 Å². The minimum Gasteiger partial charge on any atom is -0.478 e. The zero-order chi connectivity index (χ0) is 23.4. The topological polar surface area (TPSA) is 135 Å². The summed E-state index contributed by atoms with van der Waals surface area (Å²) in [5, 5.41) is 14.9. The lowest BCUT2D eigenvalue weighted by Crippen LogP contribution is -2.39. The van der Waals surface area contributed by atoms with E-state index in [0.29, 0.717) is 52.6 Å². The number of rotatable bonds is 4. The number of aryl methyl sites for hydroxylation is 1. The summed E-state index contributed by atoms with van der Waals surface area (Å²) >= 11 is 0. The van der Waals surface area contributed by atoms with Crippen molar-refractivity contribution < 1.29 is 24.3 Å². The van der Waals surface area contributed by atoms with Crippen molar-refractivity contribution in [1.82, 2.24) is 14.8 Å². The van der Waals surface area contributed by atoms with Crippen molar-refractivity contribution in [3.8, 4) is 0 Å². The largest absolute Gasteiger partial charge is 0.478 e. The number of aromatic amines is 1. The van der Waals surface area contributed by atoms with Crippen molar-refractivity contribution in [1.29, 1.82) is 0 Å². The summed E-state index contributed by atoms with van der Waals surface area (Å²) in [4.78, 5) is 55.1. The van der Waals surface area contributed by atoms with Crippen LogP contribution in [-0.2, 0) is 4.79 Å². The van der Waals surface area contributed by atoms with Gasteiger partial charge in [-0.2, -0.15) is 0 Å². The molecule has 2 aromatic rings. The Morgan fingerprint density at radius 3 is 2.61 bits per heavy atom. The van der Waals surface area contributed by atoms with Crippen LogP contribution in [0.2, 0.25) is 0 Å². The second-order valence-electron chi connectivity index (χ2n) is 8.53. The number of nitrogens with one attached hydrogen (secondary N) is 3. The summed E-state index contributed by atoms with van der Waals surface area (Å²) in [6.07, 6.45) is 3.60. The van der Waals surface area contributed by atoms with Crippen molar-refractivity contribution in [3.05, 3.63) is 46.3 Å². The number of carboxylic acids is 1. The first kappa shape index (κ1) is 20.8. The Balaban J connectivity index is 1.36. The molecule has 33 heavy (non-hydrogen) atoms. The number of carbonyl (C=O) groups is 4. The van der Waals surface area contributed by atoms with Gasteiger partial charge in [0.2, 0.25) is 0 Å². The maximum Gasteiger partial charge on any atom is 0.337 e. The third-order valence-corrected chi connectivity index (χ3v) is 6.31. The second-order valence-corrected chi connectivity index (χ2v) is 8.53. The fourth-order valence-corrected chi connectivity index (χ4v) is 4.46.